The average molecular weight is 339 g/mol. The van der Waals surface area contributed by atoms with Gasteiger partial charge in [0.1, 0.15) is 5.75 Å². The Morgan fingerprint density at radius 3 is 2.78 bits per heavy atom. The Balaban J connectivity index is 0.00000192. The lowest BCUT2D eigenvalue weighted by Gasteiger charge is -2.24. The number of nitrogens with two attached hydrogens (primary N) is 1. The Bertz CT molecular complexity index is 583. The van der Waals surface area contributed by atoms with E-state index in [1.165, 1.54) is 0 Å². The summed E-state index contributed by atoms with van der Waals surface area (Å²) in [5, 5.41) is 0. The minimum Gasteiger partial charge on any atom is -0.493 e. The Hall–Kier alpha value is -1.26. The molecular formula is C18H27ClN2O2. The SMILES string of the molecule is CC(C)(C)C[C@@H]1CN(C(=O)c2ccc3c(c2)CCO3)C[C@H]1N.Cl. The maximum Gasteiger partial charge on any atom is 0.253 e. The van der Waals surface area contributed by atoms with Crippen LogP contribution in [0.4, 0.5) is 0 Å². The molecule has 0 spiro atoms. The van der Waals surface area contributed by atoms with E-state index >= 15 is 0 Å². The maximum absolute atomic E-state index is 12.7. The van der Waals surface area contributed by atoms with Crippen LogP contribution < -0.4 is 10.5 Å². The van der Waals surface area contributed by atoms with Crippen molar-refractivity contribution in [3.63, 3.8) is 0 Å². The number of carbonyl (C=O) groups is 1. The van der Waals surface area contributed by atoms with Gasteiger partial charge in [-0.25, -0.2) is 0 Å². The number of hydrogen-bond donors (Lipinski definition) is 1. The van der Waals surface area contributed by atoms with Crippen molar-refractivity contribution < 1.29 is 9.53 Å². The predicted octanol–water partition coefficient (Wildman–Crippen LogP) is 2.88. The van der Waals surface area contributed by atoms with E-state index in [1.54, 1.807) is 0 Å². The van der Waals surface area contributed by atoms with Crippen LogP contribution in [0.1, 0.15) is 43.1 Å². The molecule has 1 aromatic carbocycles. The zero-order valence-corrected chi connectivity index (χ0v) is 15.0. The standard InChI is InChI=1S/C18H26N2O2.ClH/c1-18(2,3)9-14-10-20(11-15(14)19)17(21)13-4-5-16-12(8-13)6-7-22-16;/h4-5,8,14-15H,6-7,9-11,19H2,1-3H3;1H/t14-,15-;/m1./s1. The predicted molar refractivity (Wildman–Crippen MR) is 94.3 cm³/mol. The summed E-state index contributed by atoms with van der Waals surface area (Å²) in [6.45, 7) is 8.83. The van der Waals surface area contributed by atoms with Gasteiger partial charge in [0.2, 0.25) is 0 Å². The summed E-state index contributed by atoms with van der Waals surface area (Å²) < 4.78 is 5.50. The normalized spacial score (nSPS) is 23.2. The van der Waals surface area contributed by atoms with Gasteiger partial charge in [-0.05, 0) is 41.5 Å². The van der Waals surface area contributed by atoms with Crippen LogP contribution in [-0.4, -0.2) is 36.5 Å². The van der Waals surface area contributed by atoms with E-state index in [0.717, 1.165) is 42.9 Å². The summed E-state index contributed by atoms with van der Waals surface area (Å²) in [4.78, 5) is 14.6. The summed E-state index contributed by atoms with van der Waals surface area (Å²) in [7, 11) is 0. The van der Waals surface area contributed by atoms with Gasteiger partial charge in [-0.3, -0.25) is 4.79 Å². The molecule has 0 saturated carbocycles. The second-order valence-electron chi connectivity index (χ2n) is 7.82. The Kier molecular flexibility index (Phi) is 5.27. The first kappa shape index (κ1) is 18.1. The number of halogens is 1. The average Bonchev–Trinajstić information content (AvgIpc) is 3.03. The van der Waals surface area contributed by atoms with Gasteiger partial charge in [0, 0.05) is 31.1 Å². The summed E-state index contributed by atoms with van der Waals surface area (Å²) >= 11 is 0. The third-order valence-corrected chi connectivity index (χ3v) is 4.59. The minimum absolute atomic E-state index is 0. The number of amides is 1. The summed E-state index contributed by atoms with van der Waals surface area (Å²) in [6, 6.07) is 5.85. The molecule has 4 nitrogen and oxygen atoms in total. The minimum atomic E-state index is 0. The molecule has 3 rings (SSSR count). The number of ether oxygens (including phenoxy) is 1. The number of carbonyl (C=O) groups excluding carboxylic acids is 1. The molecule has 1 aromatic rings. The van der Waals surface area contributed by atoms with E-state index in [1.807, 2.05) is 23.1 Å². The summed E-state index contributed by atoms with van der Waals surface area (Å²) in [6.07, 6.45) is 1.94. The molecule has 0 bridgehead atoms. The molecule has 128 valence electrons. The van der Waals surface area contributed by atoms with Crippen molar-refractivity contribution >= 4 is 18.3 Å². The first-order valence-corrected chi connectivity index (χ1v) is 8.14. The van der Waals surface area contributed by atoms with E-state index < -0.39 is 0 Å². The first-order chi connectivity index (χ1) is 10.3. The highest BCUT2D eigenvalue weighted by molar-refractivity contribution is 5.95. The van der Waals surface area contributed by atoms with Crippen LogP contribution >= 0.6 is 12.4 Å². The summed E-state index contributed by atoms with van der Waals surface area (Å²) in [5.74, 6) is 1.41. The van der Waals surface area contributed by atoms with Crippen LogP contribution in [0, 0.1) is 11.3 Å². The topological polar surface area (TPSA) is 55.6 Å². The smallest absolute Gasteiger partial charge is 0.253 e. The molecule has 1 saturated heterocycles. The molecule has 23 heavy (non-hydrogen) atoms. The van der Waals surface area contributed by atoms with Crippen LogP contribution in [0.5, 0.6) is 5.75 Å². The number of fused-ring (bicyclic) bond motifs is 1. The molecule has 2 N–H and O–H groups in total. The van der Waals surface area contributed by atoms with Crippen molar-refractivity contribution in [2.45, 2.75) is 39.7 Å². The van der Waals surface area contributed by atoms with E-state index in [-0.39, 0.29) is 29.8 Å². The number of hydrogen-bond acceptors (Lipinski definition) is 3. The zero-order chi connectivity index (χ0) is 15.9. The zero-order valence-electron chi connectivity index (χ0n) is 14.2. The van der Waals surface area contributed by atoms with Crippen LogP contribution in [0.15, 0.2) is 18.2 Å². The lowest BCUT2D eigenvalue weighted by molar-refractivity contribution is 0.0782. The van der Waals surface area contributed by atoms with Crippen molar-refractivity contribution in [2.24, 2.45) is 17.1 Å². The molecular weight excluding hydrogens is 312 g/mol. The lowest BCUT2D eigenvalue weighted by Crippen LogP contribution is -2.33. The molecule has 0 aliphatic carbocycles. The van der Waals surface area contributed by atoms with Crippen LogP contribution in [0.25, 0.3) is 0 Å². The van der Waals surface area contributed by atoms with E-state index in [9.17, 15) is 4.79 Å². The highest BCUT2D eigenvalue weighted by Gasteiger charge is 2.35. The molecule has 5 heteroatoms. The second kappa shape index (κ2) is 6.70. The molecule has 1 fully saturated rings. The van der Waals surface area contributed by atoms with Gasteiger partial charge in [0.15, 0.2) is 0 Å². The van der Waals surface area contributed by atoms with E-state index in [2.05, 4.69) is 20.8 Å². The van der Waals surface area contributed by atoms with Crippen molar-refractivity contribution in [3.05, 3.63) is 29.3 Å². The largest absolute Gasteiger partial charge is 0.493 e. The van der Waals surface area contributed by atoms with Gasteiger partial charge in [-0.2, -0.15) is 0 Å². The van der Waals surface area contributed by atoms with Crippen LogP contribution in [-0.2, 0) is 6.42 Å². The van der Waals surface area contributed by atoms with Gasteiger partial charge < -0.3 is 15.4 Å². The van der Waals surface area contributed by atoms with Gasteiger partial charge >= 0.3 is 0 Å². The lowest BCUT2D eigenvalue weighted by atomic mass is 9.83. The quantitative estimate of drug-likeness (QED) is 0.902. The van der Waals surface area contributed by atoms with E-state index in [0.29, 0.717) is 12.5 Å². The third kappa shape index (κ3) is 3.99. The summed E-state index contributed by atoms with van der Waals surface area (Å²) in [5.41, 5.74) is 8.41. The first-order valence-electron chi connectivity index (χ1n) is 8.14. The van der Waals surface area contributed by atoms with Gasteiger partial charge in [-0.1, -0.05) is 20.8 Å². The molecule has 0 radical (unpaired) electrons. The Morgan fingerprint density at radius 1 is 1.35 bits per heavy atom. The monoisotopic (exact) mass is 338 g/mol. The number of rotatable bonds is 2. The molecule has 2 heterocycles. The Labute approximate surface area is 144 Å². The van der Waals surface area contributed by atoms with Crippen LogP contribution in [0.3, 0.4) is 0 Å². The molecule has 2 aliphatic heterocycles. The number of nitrogens with zero attached hydrogens (tertiary/aromatic N) is 1. The van der Waals surface area contributed by atoms with Crippen molar-refractivity contribution in [3.8, 4) is 5.75 Å². The van der Waals surface area contributed by atoms with Crippen molar-refractivity contribution in [2.75, 3.05) is 19.7 Å². The van der Waals surface area contributed by atoms with Crippen molar-refractivity contribution in [1.29, 1.82) is 0 Å². The number of benzene rings is 1. The van der Waals surface area contributed by atoms with Gasteiger partial charge in [0.05, 0.1) is 6.61 Å². The third-order valence-electron chi connectivity index (χ3n) is 4.59. The maximum atomic E-state index is 12.7. The highest BCUT2D eigenvalue weighted by atomic mass is 35.5. The fraction of sp³-hybridized carbons (Fsp3) is 0.611. The van der Waals surface area contributed by atoms with Crippen molar-refractivity contribution in [1.82, 2.24) is 4.90 Å². The highest BCUT2D eigenvalue weighted by Crippen LogP contribution is 2.31. The second-order valence-corrected chi connectivity index (χ2v) is 7.82. The Morgan fingerprint density at radius 2 is 2.09 bits per heavy atom. The fourth-order valence-corrected chi connectivity index (χ4v) is 3.57. The molecule has 0 aromatic heterocycles. The number of likely N-dealkylation sites (tertiary alicyclic amines) is 1. The molecule has 2 atom stereocenters. The van der Waals surface area contributed by atoms with Gasteiger partial charge in [-0.15, -0.1) is 12.4 Å². The van der Waals surface area contributed by atoms with Crippen LogP contribution in [0.2, 0.25) is 0 Å². The molecule has 0 unspecified atom stereocenters. The molecule has 2 aliphatic rings. The van der Waals surface area contributed by atoms with E-state index in [4.69, 9.17) is 10.5 Å². The van der Waals surface area contributed by atoms with Gasteiger partial charge in [0.25, 0.3) is 5.91 Å². The fourth-order valence-electron chi connectivity index (χ4n) is 3.57. The molecule has 1 amide bonds.